The molecule has 4 rings (SSSR count). The Hall–Kier alpha value is -1.88. The summed E-state index contributed by atoms with van der Waals surface area (Å²) in [6, 6.07) is 18.1. The number of hydrogen-bond donors (Lipinski definition) is 1. The van der Waals surface area contributed by atoms with Crippen molar-refractivity contribution in [2.24, 2.45) is 0 Å². The molecule has 1 heterocycles. The predicted molar refractivity (Wildman–Crippen MR) is 106 cm³/mol. The molecule has 2 aromatic rings. The lowest BCUT2D eigenvalue weighted by Gasteiger charge is -2.51. The van der Waals surface area contributed by atoms with Crippen molar-refractivity contribution >= 4 is 0 Å². The fraction of sp³-hybridized carbons (Fsp3) is 0.478. The number of hydrogen-bond acceptors (Lipinski definition) is 4. The quantitative estimate of drug-likeness (QED) is 0.881. The fourth-order valence-electron chi connectivity index (χ4n) is 4.63. The molecular formula is C23H29NO3. The molecule has 2 aromatic carbocycles. The van der Waals surface area contributed by atoms with Gasteiger partial charge in [0.25, 0.3) is 0 Å². The summed E-state index contributed by atoms with van der Waals surface area (Å²) >= 11 is 0. The van der Waals surface area contributed by atoms with Crippen LogP contribution in [0.5, 0.6) is 5.75 Å². The molecule has 0 unspecified atom stereocenters. The molecule has 1 spiro atoms. The molecular weight excluding hydrogens is 338 g/mol. The van der Waals surface area contributed by atoms with Gasteiger partial charge >= 0.3 is 0 Å². The van der Waals surface area contributed by atoms with Crippen molar-refractivity contribution in [3.05, 3.63) is 65.7 Å². The van der Waals surface area contributed by atoms with Crippen molar-refractivity contribution in [3.8, 4) is 5.75 Å². The standard InChI is InChI=1S/C23H29NO3/c1-24(2)22(20-9-6-10-21(25)15-20)11-13-23(14-12-22)26-16-19(17-27-23)18-7-4-3-5-8-18/h3-10,15,19,25H,11-14,16-17H2,1-2H3. The van der Waals surface area contributed by atoms with E-state index in [4.69, 9.17) is 9.47 Å². The lowest BCUT2D eigenvalue weighted by Crippen LogP contribution is -2.53. The molecule has 0 aromatic heterocycles. The summed E-state index contributed by atoms with van der Waals surface area (Å²) in [7, 11) is 4.24. The Labute approximate surface area is 161 Å². The lowest BCUT2D eigenvalue weighted by molar-refractivity contribution is -0.294. The minimum atomic E-state index is -0.457. The van der Waals surface area contributed by atoms with Gasteiger partial charge in [-0.1, -0.05) is 42.5 Å². The molecule has 0 bridgehead atoms. The normalized spacial score (nSPS) is 31.3. The molecule has 1 aliphatic heterocycles. The van der Waals surface area contributed by atoms with Gasteiger partial charge in [-0.15, -0.1) is 0 Å². The third kappa shape index (κ3) is 3.49. The van der Waals surface area contributed by atoms with E-state index in [1.807, 2.05) is 18.2 Å². The van der Waals surface area contributed by atoms with Crippen LogP contribution in [0.25, 0.3) is 0 Å². The van der Waals surface area contributed by atoms with Gasteiger partial charge in [-0.3, -0.25) is 4.90 Å². The first kappa shape index (κ1) is 18.5. The minimum absolute atomic E-state index is 0.0903. The number of rotatable bonds is 3. The van der Waals surface area contributed by atoms with E-state index in [-0.39, 0.29) is 5.54 Å². The van der Waals surface area contributed by atoms with Gasteiger partial charge in [0.05, 0.1) is 13.2 Å². The highest BCUT2D eigenvalue weighted by molar-refractivity contribution is 5.33. The number of phenols is 1. The first-order valence-corrected chi connectivity index (χ1v) is 9.83. The monoisotopic (exact) mass is 367 g/mol. The predicted octanol–water partition coefficient (Wildman–Crippen LogP) is 4.25. The van der Waals surface area contributed by atoms with E-state index >= 15 is 0 Å². The first-order chi connectivity index (χ1) is 13.0. The maximum Gasteiger partial charge on any atom is 0.168 e. The van der Waals surface area contributed by atoms with Crippen molar-refractivity contribution in [1.82, 2.24) is 4.90 Å². The summed E-state index contributed by atoms with van der Waals surface area (Å²) in [4.78, 5) is 2.28. The van der Waals surface area contributed by atoms with Crippen LogP contribution in [-0.2, 0) is 15.0 Å². The molecule has 1 aliphatic carbocycles. The molecule has 1 N–H and O–H groups in total. The van der Waals surface area contributed by atoms with E-state index in [9.17, 15) is 5.11 Å². The molecule has 0 atom stereocenters. The van der Waals surface area contributed by atoms with Crippen LogP contribution < -0.4 is 0 Å². The zero-order valence-electron chi connectivity index (χ0n) is 16.2. The van der Waals surface area contributed by atoms with Gasteiger partial charge in [0.1, 0.15) is 5.75 Å². The van der Waals surface area contributed by atoms with Gasteiger partial charge in [-0.05, 0) is 50.2 Å². The van der Waals surface area contributed by atoms with Crippen molar-refractivity contribution in [2.75, 3.05) is 27.3 Å². The number of phenolic OH excluding ortho intramolecular Hbond substituents is 1. The average Bonchev–Trinajstić information content (AvgIpc) is 2.70. The Morgan fingerprint density at radius 1 is 0.889 bits per heavy atom. The molecule has 2 fully saturated rings. The first-order valence-electron chi connectivity index (χ1n) is 9.83. The number of aromatic hydroxyl groups is 1. The maximum absolute atomic E-state index is 9.95. The van der Waals surface area contributed by atoms with E-state index in [1.54, 1.807) is 6.07 Å². The van der Waals surface area contributed by atoms with Crippen LogP contribution in [-0.4, -0.2) is 43.1 Å². The molecule has 1 saturated heterocycles. The Kier molecular flexibility index (Phi) is 4.97. The second-order valence-corrected chi connectivity index (χ2v) is 8.12. The van der Waals surface area contributed by atoms with Crippen molar-refractivity contribution < 1.29 is 14.6 Å². The van der Waals surface area contributed by atoms with Crippen LogP contribution in [0.4, 0.5) is 0 Å². The molecule has 0 amide bonds. The van der Waals surface area contributed by atoms with Crippen LogP contribution in [0.2, 0.25) is 0 Å². The molecule has 4 heteroatoms. The average molecular weight is 367 g/mol. The van der Waals surface area contributed by atoms with Crippen LogP contribution in [0.15, 0.2) is 54.6 Å². The largest absolute Gasteiger partial charge is 0.508 e. The van der Waals surface area contributed by atoms with Crippen LogP contribution in [0, 0.1) is 0 Å². The van der Waals surface area contributed by atoms with E-state index in [0.717, 1.165) is 25.7 Å². The van der Waals surface area contributed by atoms with Gasteiger partial charge in [-0.2, -0.15) is 0 Å². The molecule has 4 nitrogen and oxygen atoms in total. The second kappa shape index (κ2) is 7.27. The van der Waals surface area contributed by atoms with Crippen LogP contribution in [0.3, 0.4) is 0 Å². The highest BCUT2D eigenvalue weighted by Gasteiger charge is 2.48. The summed E-state index contributed by atoms with van der Waals surface area (Å²) in [5.41, 5.74) is 2.36. The zero-order chi connectivity index (χ0) is 18.9. The highest BCUT2D eigenvalue weighted by Crippen LogP contribution is 2.48. The van der Waals surface area contributed by atoms with Gasteiger partial charge in [0, 0.05) is 24.3 Å². The summed E-state index contributed by atoms with van der Waals surface area (Å²) in [5.74, 6) is 0.176. The second-order valence-electron chi connectivity index (χ2n) is 8.12. The summed E-state index contributed by atoms with van der Waals surface area (Å²) in [6.45, 7) is 1.43. The Bertz CT molecular complexity index is 756. The SMILES string of the molecule is CN(C)C1(c2cccc(O)c2)CCC2(CC1)OCC(c1ccccc1)CO2. The van der Waals surface area contributed by atoms with E-state index in [2.05, 4.69) is 49.3 Å². The Morgan fingerprint density at radius 2 is 1.56 bits per heavy atom. The van der Waals surface area contributed by atoms with Gasteiger partial charge in [-0.25, -0.2) is 0 Å². The van der Waals surface area contributed by atoms with Crippen molar-refractivity contribution in [1.29, 1.82) is 0 Å². The molecule has 27 heavy (non-hydrogen) atoms. The third-order valence-electron chi connectivity index (χ3n) is 6.44. The molecule has 0 radical (unpaired) electrons. The summed E-state index contributed by atoms with van der Waals surface area (Å²) < 4.78 is 12.6. The summed E-state index contributed by atoms with van der Waals surface area (Å²) in [6.07, 6.45) is 3.61. The van der Waals surface area contributed by atoms with Gasteiger partial charge in [0.2, 0.25) is 0 Å². The van der Waals surface area contributed by atoms with Gasteiger partial charge < -0.3 is 14.6 Å². The Balaban J connectivity index is 1.46. The molecule has 2 aliphatic rings. The summed E-state index contributed by atoms with van der Waals surface area (Å²) in [5, 5.41) is 9.95. The highest BCUT2D eigenvalue weighted by atomic mass is 16.7. The fourth-order valence-corrected chi connectivity index (χ4v) is 4.63. The van der Waals surface area contributed by atoms with E-state index in [0.29, 0.717) is 24.9 Å². The lowest BCUT2D eigenvalue weighted by atomic mass is 9.73. The van der Waals surface area contributed by atoms with Crippen LogP contribution >= 0.6 is 0 Å². The zero-order valence-corrected chi connectivity index (χ0v) is 16.2. The molecule has 1 saturated carbocycles. The van der Waals surface area contributed by atoms with Crippen LogP contribution in [0.1, 0.15) is 42.7 Å². The topological polar surface area (TPSA) is 41.9 Å². The number of nitrogens with zero attached hydrogens (tertiary/aromatic N) is 1. The Morgan fingerprint density at radius 3 is 2.15 bits per heavy atom. The smallest absolute Gasteiger partial charge is 0.168 e. The van der Waals surface area contributed by atoms with Crippen molar-refractivity contribution in [3.63, 3.8) is 0 Å². The van der Waals surface area contributed by atoms with E-state index in [1.165, 1.54) is 11.1 Å². The third-order valence-corrected chi connectivity index (χ3v) is 6.44. The number of benzene rings is 2. The van der Waals surface area contributed by atoms with Crippen molar-refractivity contribution in [2.45, 2.75) is 42.9 Å². The van der Waals surface area contributed by atoms with E-state index < -0.39 is 5.79 Å². The number of ether oxygens (including phenoxy) is 2. The maximum atomic E-state index is 9.95. The molecule has 144 valence electrons. The van der Waals surface area contributed by atoms with Gasteiger partial charge in [0.15, 0.2) is 5.79 Å². The minimum Gasteiger partial charge on any atom is -0.508 e.